The minimum atomic E-state index is -0.538. The first-order valence-corrected chi connectivity index (χ1v) is 8.26. The van der Waals surface area contributed by atoms with Crippen LogP contribution in [0.1, 0.15) is 12.5 Å². The number of hydrogen-bond donors (Lipinski definition) is 2. The number of halogens is 1. The van der Waals surface area contributed by atoms with Gasteiger partial charge in [0.05, 0.1) is 5.39 Å². The third-order valence-electron chi connectivity index (χ3n) is 4.43. The van der Waals surface area contributed by atoms with Crippen molar-refractivity contribution in [3.8, 4) is 5.82 Å². The Bertz CT molecular complexity index is 1020. The Morgan fingerprint density at radius 3 is 2.92 bits per heavy atom. The first-order chi connectivity index (χ1) is 12.1. The fourth-order valence-electron chi connectivity index (χ4n) is 3.24. The molecular formula is C17H20ClN5O3. The van der Waals surface area contributed by atoms with Crippen LogP contribution in [-0.2, 0) is 6.54 Å². The summed E-state index contributed by atoms with van der Waals surface area (Å²) >= 11 is 0. The van der Waals surface area contributed by atoms with Crippen LogP contribution >= 0.6 is 12.4 Å². The summed E-state index contributed by atoms with van der Waals surface area (Å²) in [6.45, 7) is 5.98. The molecule has 1 aromatic carbocycles. The summed E-state index contributed by atoms with van der Waals surface area (Å²) in [6, 6.07) is 7.63. The van der Waals surface area contributed by atoms with E-state index < -0.39 is 11.2 Å². The molecule has 1 atom stereocenters. The molecule has 1 unspecified atom stereocenters. The van der Waals surface area contributed by atoms with E-state index in [0.717, 1.165) is 37.1 Å². The third-order valence-corrected chi connectivity index (χ3v) is 4.43. The van der Waals surface area contributed by atoms with Crippen LogP contribution in [0.3, 0.4) is 0 Å². The van der Waals surface area contributed by atoms with Gasteiger partial charge in [0.1, 0.15) is 0 Å². The molecule has 9 heteroatoms. The zero-order chi connectivity index (χ0) is 17.4. The van der Waals surface area contributed by atoms with Gasteiger partial charge < -0.3 is 9.84 Å². The van der Waals surface area contributed by atoms with Gasteiger partial charge in [0, 0.05) is 44.5 Å². The van der Waals surface area contributed by atoms with Crippen molar-refractivity contribution >= 4 is 23.4 Å². The average molecular weight is 378 g/mol. The Morgan fingerprint density at radius 1 is 1.31 bits per heavy atom. The average Bonchev–Trinajstić information content (AvgIpc) is 2.98. The van der Waals surface area contributed by atoms with E-state index in [1.807, 2.05) is 18.2 Å². The van der Waals surface area contributed by atoms with Crippen molar-refractivity contribution in [3.63, 3.8) is 0 Å². The normalized spacial score (nSPS) is 18.0. The lowest BCUT2D eigenvalue weighted by Gasteiger charge is -2.31. The number of fused-ring (bicyclic) bond motifs is 1. The molecule has 1 aliphatic rings. The maximum atomic E-state index is 12.0. The summed E-state index contributed by atoms with van der Waals surface area (Å²) in [5.74, 6) is 0.381. The van der Waals surface area contributed by atoms with Crippen LogP contribution < -0.4 is 16.6 Å². The molecule has 3 aromatic rings. The van der Waals surface area contributed by atoms with Crippen molar-refractivity contribution in [2.45, 2.75) is 19.5 Å². The molecule has 0 amide bonds. The summed E-state index contributed by atoms with van der Waals surface area (Å²) in [7, 11) is 0. The van der Waals surface area contributed by atoms with Gasteiger partial charge in [-0.1, -0.05) is 11.2 Å². The van der Waals surface area contributed by atoms with Crippen LogP contribution in [0.25, 0.3) is 16.8 Å². The lowest BCUT2D eigenvalue weighted by atomic mass is 10.1. The minimum Gasteiger partial charge on any atom is -0.354 e. The zero-order valence-corrected chi connectivity index (χ0v) is 15.1. The SMILES string of the molecule is CC1CN(Cc2ccc3onc(-n4ccc(=O)[nH]c4=O)c3c2)CCN1.Cl. The first-order valence-electron chi connectivity index (χ1n) is 8.26. The van der Waals surface area contributed by atoms with Crippen molar-refractivity contribution < 1.29 is 4.52 Å². The van der Waals surface area contributed by atoms with Gasteiger partial charge in [0.25, 0.3) is 5.56 Å². The maximum absolute atomic E-state index is 12.0. The third kappa shape index (κ3) is 3.57. The molecule has 0 bridgehead atoms. The van der Waals surface area contributed by atoms with Crippen LogP contribution in [0.4, 0.5) is 0 Å². The molecule has 1 aliphatic heterocycles. The van der Waals surface area contributed by atoms with Crippen molar-refractivity contribution in [2.24, 2.45) is 0 Å². The Balaban J connectivity index is 0.00000196. The van der Waals surface area contributed by atoms with Gasteiger partial charge in [-0.05, 0) is 24.6 Å². The predicted octanol–water partition coefficient (Wildman–Crippen LogP) is 0.882. The van der Waals surface area contributed by atoms with Gasteiger partial charge >= 0.3 is 5.69 Å². The van der Waals surface area contributed by atoms with Gasteiger partial charge in [-0.3, -0.25) is 14.7 Å². The van der Waals surface area contributed by atoms with Crippen molar-refractivity contribution in [1.82, 2.24) is 24.9 Å². The molecule has 1 fully saturated rings. The Hall–Kier alpha value is -2.42. The fourth-order valence-corrected chi connectivity index (χ4v) is 3.24. The van der Waals surface area contributed by atoms with E-state index in [1.54, 1.807) is 0 Å². The highest BCUT2D eigenvalue weighted by atomic mass is 35.5. The number of rotatable bonds is 3. The number of nitrogens with zero attached hydrogens (tertiary/aromatic N) is 3. The lowest BCUT2D eigenvalue weighted by molar-refractivity contribution is 0.200. The summed E-state index contributed by atoms with van der Waals surface area (Å²) < 4.78 is 6.61. The number of aromatic nitrogens is 3. The van der Waals surface area contributed by atoms with Crippen LogP contribution in [0, 0.1) is 0 Å². The van der Waals surface area contributed by atoms with E-state index in [4.69, 9.17) is 4.52 Å². The molecule has 0 radical (unpaired) electrons. The number of benzene rings is 1. The topological polar surface area (TPSA) is 96.2 Å². The van der Waals surface area contributed by atoms with E-state index in [-0.39, 0.29) is 12.4 Å². The van der Waals surface area contributed by atoms with Gasteiger partial charge in [-0.15, -0.1) is 12.4 Å². The van der Waals surface area contributed by atoms with Crippen LogP contribution in [0.2, 0.25) is 0 Å². The first kappa shape index (κ1) is 18.4. The molecule has 3 heterocycles. The van der Waals surface area contributed by atoms with Crippen molar-refractivity contribution in [1.29, 1.82) is 0 Å². The van der Waals surface area contributed by atoms with Gasteiger partial charge in [-0.25, -0.2) is 9.36 Å². The summed E-state index contributed by atoms with van der Waals surface area (Å²) in [5.41, 5.74) is 0.751. The highest BCUT2D eigenvalue weighted by Crippen LogP contribution is 2.23. The largest absolute Gasteiger partial charge is 0.354 e. The van der Waals surface area contributed by atoms with E-state index in [9.17, 15) is 9.59 Å². The number of piperazine rings is 1. The molecule has 26 heavy (non-hydrogen) atoms. The van der Waals surface area contributed by atoms with Crippen molar-refractivity contribution in [2.75, 3.05) is 19.6 Å². The van der Waals surface area contributed by atoms with Gasteiger partial charge in [0.2, 0.25) is 0 Å². The molecule has 0 aliphatic carbocycles. The number of H-pyrrole nitrogens is 1. The smallest absolute Gasteiger partial charge is 0.334 e. The highest BCUT2D eigenvalue weighted by Gasteiger charge is 2.17. The predicted molar refractivity (Wildman–Crippen MR) is 100 cm³/mol. The summed E-state index contributed by atoms with van der Waals surface area (Å²) in [4.78, 5) is 27.9. The van der Waals surface area contributed by atoms with E-state index in [2.05, 4.69) is 27.3 Å². The molecule has 2 aromatic heterocycles. The second kappa shape index (κ2) is 7.45. The highest BCUT2D eigenvalue weighted by molar-refractivity contribution is 5.85. The van der Waals surface area contributed by atoms with Gasteiger partial charge in [-0.2, -0.15) is 0 Å². The molecule has 8 nitrogen and oxygen atoms in total. The van der Waals surface area contributed by atoms with E-state index in [1.165, 1.54) is 16.8 Å². The standard InChI is InChI=1S/C17H19N5O3.ClH/c1-11-9-21(7-5-18-11)10-12-2-3-14-13(8-12)16(20-25-14)22-6-4-15(23)19-17(22)24;/h2-4,6,8,11,18H,5,7,9-10H2,1H3,(H,19,23,24);1H. The van der Waals surface area contributed by atoms with Crippen LogP contribution in [0.15, 0.2) is 44.6 Å². The summed E-state index contributed by atoms with van der Waals surface area (Å²) in [6.07, 6.45) is 1.41. The molecule has 1 saturated heterocycles. The lowest BCUT2D eigenvalue weighted by Crippen LogP contribution is -2.48. The van der Waals surface area contributed by atoms with Crippen LogP contribution in [0.5, 0.6) is 0 Å². The Kier molecular flexibility index (Phi) is 5.26. The quantitative estimate of drug-likeness (QED) is 0.703. The molecule has 4 rings (SSSR count). The van der Waals surface area contributed by atoms with Crippen LogP contribution in [-0.4, -0.2) is 45.3 Å². The molecule has 138 valence electrons. The number of aromatic amines is 1. The van der Waals surface area contributed by atoms with E-state index >= 15 is 0 Å². The molecule has 0 saturated carbocycles. The Morgan fingerprint density at radius 2 is 2.15 bits per heavy atom. The number of nitrogens with one attached hydrogen (secondary N) is 2. The zero-order valence-electron chi connectivity index (χ0n) is 14.3. The molecule has 2 N–H and O–H groups in total. The fraction of sp³-hybridized carbons (Fsp3) is 0.353. The van der Waals surface area contributed by atoms with Gasteiger partial charge in [0.15, 0.2) is 11.4 Å². The van der Waals surface area contributed by atoms with Crippen molar-refractivity contribution in [3.05, 3.63) is 56.9 Å². The summed E-state index contributed by atoms with van der Waals surface area (Å²) in [5, 5.41) is 8.17. The van der Waals surface area contributed by atoms with E-state index in [0.29, 0.717) is 17.4 Å². The second-order valence-electron chi connectivity index (χ2n) is 6.41. The monoisotopic (exact) mass is 377 g/mol. The maximum Gasteiger partial charge on any atom is 0.334 e. The Labute approximate surface area is 155 Å². The molecule has 0 spiro atoms. The number of hydrogen-bond acceptors (Lipinski definition) is 6. The molecular weight excluding hydrogens is 358 g/mol. The second-order valence-corrected chi connectivity index (χ2v) is 6.41. The minimum absolute atomic E-state index is 0.